The Morgan fingerprint density at radius 3 is 2.71 bits per heavy atom. The minimum absolute atomic E-state index is 0.136. The van der Waals surface area contributed by atoms with Gasteiger partial charge in [0.15, 0.2) is 5.82 Å². The first-order valence-corrected chi connectivity index (χ1v) is 9.97. The predicted octanol–water partition coefficient (Wildman–Crippen LogP) is 4.26. The Labute approximate surface area is 178 Å². The van der Waals surface area contributed by atoms with Crippen LogP contribution in [0.4, 0.5) is 11.5 Å². The van der Waals surface area contributed by atoms with Crippen LogP contribution in [0.3, 0.4) is 0 Å². The lowest BCUT2D eigenvalue weighted by atomic mass is 10.1. The van der Waals surface area contributed by atoms with Gasteiger partial charge in [0.05, 0.1) is 11.0 Å². The molecule has 0 unspecified atom stereocenters. The highest BCUT2D eigenvalue weighted by atomic mass is 16.1. The van der Waals surface area contributed by atoms with Crippen molar-refractivity contribution < 1.29 is 4.79 Å². The van der Waals surface area contributed by atoms with Crippen LogP contribution in [0.1, 0.15) is 21.5 Å². The van der Waals surface area contributed by atoms with Crippen LogP contribution >= 0.6 is 0 Å². The summed E-state index contributed by atoms with van der Waals surface area (Å²) in [5.41, 5.74) is 5.93. The third-order valence-electron chi connectivity index (χ3n) is 5.09. The van der Waals surface area contributed by atoms with Gasteiger partial charge in [0, 0.05) is 17.8 Å². The Balaban J connectivity index is 1.38. The smallest absolute Gasteiger partial charge is 0.251 e. The average molecular weight is 408 g/mol. The first-order valence-electron chi connectivity index (χ1n) is 9.97. The van der Waals surface area contributed by atoms with Crippen molar-refractivity contribution >= 4 is 34.1 Å². The lowest BCUT2D eigenvalue weighted by Crippen LogP contribution is -2.22. The van der Waals surface area contributed by atoms with Crippen LogP contribution < -0.4 is 10.6 Å². The summed E-state index contributed by atoms with van der Waals surface area (Å²) in [5.74, 6) is 0.441. The molecule has 0 saturated carbocycles. The van der Waals surface area contributed by atoms with Crippen molar-refractivity contribution in [1.29, 1.82) is 0 Å². The molecule has 5 rings (SSSR count). The van der Waals surface area contributed by atoms with Crippen molar-refractivity contribution in [3.63, 3.8) is 0 Å². The van der Waals surface area contributed by atoms with Gasteiger partial charge in [-0.05, 0) is 42.8 Å². The Morgan fingerprint density at radius 1 is 1.00 bits per heavy atom. The monoisotopic (exact) mass is 408 g/mol. The number of para-hydroxylation sites is 2. The zero-order valence-electron chi connectivity index (χ0n) is 16.9. The van der Waals surface area contributed by atoms with Crippen molar-refractivity contribution in [2.75, 3.05) is 5.32 Å². The second-order valence-corrected chi connectivity index (χ2v) is 7.35. The average Bonchev–Trinajstić information content (AvgIpc) is 3.30. The highest BCUT2D eigenvalue weighted by Gasteiger charge is 2.12. The normalized spacial score (nSPS) is 11.0. The van der Waals surface area contributed by atoms with E-state index in [1.54, 1.807) is 18.5 Å². The number of benzene rings is 3. The van der Waals surface area contributed by atoms with E-state index in [1.807, 2.05) is 72.0 Å². The third-order valence-corrected chi connectivity index (χ3v) is 5.09. The lowest BCUT2D eigenvalue weighted by molar-refractivity contribution is 0.0951. The van der Waals surface area contributed by atoms with Gasteiger partial charge in [-0.2, -0.15) is 0 Å². The van der Waals surface area contributed by atoms with E-state index in [4.69, 9.17) is 4.98 Å². The van der Waals surface area contributed by atoms with E-state index < -0.39 is 0 Å². The number of aryl methyl sites for hydroxylation is 1. The van der Waals surface area contributed by atoms with Crippen molar-refractivity contribution in [3.05, 3.63) is 95.8 Å². The topological polar surface area (TPSA) is 84.2 Å². The zero-order chi connectivity index (χ0) is 21.2. The molecule has 0 spiro atoms. The molecular weight excluding hydrogens is 388 g/mol. The molecule has 0 fully saturated rings. The van der Waals surface area contributed by atoms with E-state index >= 15 is 0 Å². The number of anilines is 2. The van der Waals surface area contributed by atoms with Crippen molar-refractivity contribution in [2.45, 2.75) is 13.5 Å². The van der Waals surface area contributed by atoms with Gasteiger partial charge in [-0.15, -0.1) is 10.2 Å². The summed E-state index contributed by atoms with van der Waals surface area (Å²) in [6, 6.07) is 23.2. The maximum Gasteiger partial charge on any atom is 0.251 e. The molecule has 0 bridgehead atoms. The second-order valence-electron chi connectivity index (χ2n) is 7.35. The van der Waals surface area contributed by atoms with Crippen LogP contribution in [-0.2, 0) is 6.54 Å². The van der Waals surface area contributed by atoms with E-state index in [-0.39, 0.29) is 5.91 Å². The summed E-state index contributed by atoms with van der Waals surface area (Å²) < 4.78 is 1.89. The fraction of sp³-hybridized carbons (Fsp3) is 0.0833. The maximum atomic E-state index is 12.7. The highest BCUT2D eigenvalue weighted by molar-refractivity contribution is 5.95. The number of nitrogens with zero attached hydrogens (tertiary/aromatic N) is 4. The molecule has 0 saturated heterocycles. The summed E-state index contributed by atoms with van der Waals surface area (Å²) in [4.78, 5) is 17.3. The number of carbonyl (C=O) groups excluding carboxylic acids is 1. The van der Waals surface area contributed by atoms with Gasteiger partial charge in [0.2, 0.25) is 5.65 Å². The van der Waals surface area contributed by atoms with Crippen LogP contribution in [-0.4, -0.2) is 25.5 Å². The number of hydrogen-bond donors (Lipinski definition) is 2. The summed E-state index contributed by atoms with van der Waals surface area (Å²) in [6.45, 7) is 2.52. The van der Waals surface area contributed by atoms with Gasteiger partial charge in [0.25, 0.3) is 5.91 Å². The van der Waals surface area contributed by atoms with Gasteiger partial charge < -0.3 is 10.6 Å². The molecule has 7 nitrogen and oxygen atoms in total. The highest BCUT2D eigenvalue weighted by Crippen LogP contribution is 2.23. The minimum Gasteiger partial charge on any atom is -0.348 e. The molecule has 2 aromatic heterocycles. The molecule has 0 aliphatic heterocycles. The van der Waals surface area contributed by atoms with Crippen molar-refractivity contribution in [2.24, 2.45) is 0 Å². The number of rotatable bonds is 5. The Bertz CT molecular complexity index is 1390. The standard InChI is InChI=1S/C24H20N6O/c1-16-9-11-17(12-10-16)14-25-24(31)18-5-4-6-19(13-18)27-22-23-29-26-15-30(23)21-8-3-2-7-20(21)28-22/h2-13,15H,14H2,1H3,(H,25,31)(H,27,28). The molecule has 3 aromatic carbocycles. The molecule has 0 aliphatic carbocycles. The van der Waals surface area contributed by atoms with Crippen LogP contribution in [0.15, 0.2) is 79.1 Å². The molecule has 2 heterocycles. The number of nitrogens with one attached hydrogen (secondary N) is 2. The summed E-state index contributed by atoms with van der Waals surface area (Å²) in [5, 5.41) is 14.5. The molecule has 152 valence electrons. The number of fused-ring (bicyclic) bond motifs is 3. The Morgan fingerprint density at radius 2 is 1.84 bits per heavy atom. The predicted molar refractivity (Wildman–Crippen MR) is 120 cm³/mol. The molecule has 2 N–H and O–H groups in total. The molecule has 1 amide bonds. The van der Waals surface area contributed by atoms with Gasteiger partial charge in [0.1, 0.15) is 6.33 Å². The fourth-order valence-electron chi connectivity index (χ4n) is 3.45. The second kappa shape index (κ2) is 7.87. The maximum absolute atomic E-state index is 12.7. The third kappa shape index (κ3) is 3.81. The molecule has 31 heavy (non-hydrogen) atoms. The van der Waals surface area contributed by atoms with E-state index in [2.05, 4.69) is 20.8 Å². The van der Waals surface area contributed by atoms with Crippen LogP contribution in [0.25, 0.3) is 16.7 Å². The molecular formula is C24H20N6O. The Kier molecular flexibility index (Phi) is 4.76. The van der Waals surface area contributed by atoms with Crippen LogP contribution in [0.2, 0.25) is 0 Å². The number of amides is 1. The van der Waals surface area contributed by atoms with Crippen molar-refractivity contribution in [1.82, 2.24) is 24.9 Å². The lowest BCUT2D eigenvalue weighted by Gasteiger charge is -2.11. The molecule has 0 atom stereocenters. The van der Waals surface area contributed by atoms with E-state index in [9.17, 15) is 4.79 Å². The van der Waals surface area contributed by atoms with Gasteiger partial charge in [-0.3, -0.25) is 9.20 Å². The molecule has 0 aliphatic rings. The van der Waals surface area contributed by atoms with Gasteiger partial charge in [-0.1, -0.05) is 48.0 Å². The van der Waals surface area contributed by atoms with Crippen LogP contribution in [0, 0.1) is 6.92 Å². The van der Waals surface area contributed by atoms with Crippen LogP contribution in [0.5, 0.6) is 0 Å². The van der Waals surface area contributed by atoms with Gasteiger partial charge >= 0.3 is 0 Å². The largest absolute Gasteiger partial charge is 0.348 e. The number of carbonyl (C=O) groups is 1. The van der Waals surface area contributed by atoms with Gasteiger partial charge in [-0.25, -0.2) is 4.98 Å². The molecule has 7 heteroatoms. The van der Waals surface area contributed by atoms with E-state index in [1.165, 1.54) is 5.56 Å². The van der Waals surface area contributed by atoms with E-state index in [0.717, 1.165) is 22.3 Å². The molecule has 5 aromatic rings. The summed E-state index contributed by atoms with van der Waals surface area (Å²) in [6.07, 6.45) is 1.67. The first-order chi connectivity index (χ1) is 15.2. The van der Waals surface area contributed by atoms with E-state index in [0.29, 0.717) is 23.6 Å². The van der Waals surface area contributed by atoms with Crippen molar-refractivity contribution in [3.8, 4) is 0 Å². The summed E-state index contributed by atoms with van der Waals surface area (Å²) >= 11 is 0. The zero-order valence-corrected chi connectivity index (χ0v) is 16.9. The quantitative estimate of drug-likeness (QED) is 0.454. The minimum atomic E-state index is -0.136. The molecule has 0 radical (unpaired) electrons. The first kappa shape index (κ1) is 18.7. The number of aromatic nitrogens is 4. The SMILES string of the molecule is Cc1ccc(CNC(=O)c2cccc(Nc3nc4ccccc4n4cnnc34)c2)cc1. The Hall–Kier alpha value is -4.26. The summed E-state index contributed by atoms with van der Waals surface area (Å²) in [7, 11) is 0. The fourth-order valence-corrected chi connectivity index (χ4v) is 3.45. The number of hydrogen-bond acceptors (Lipinski definition) is 5.